The number of fused-ring (bicyclic) bond motifs is 1. The van der Waals surface area contributed by atoms with Crippen LogP contribution < -0.4 is 14.8 Å². The van der Waals surface area contributed by atoms with Crippen LogP contribution in [0.4, 0.5) is 0 Å². The Bertz CT molecular complexity index is 613. The van der Waals surface area contributed by atoms with E-state index in [9.17, 15) is 14.7 Å². The molecule has 1 heterocycles. The highest BCUT2D eigenvalue weighted by molar-refractivity contribution is 5.85. The van der Waals surface area contributed by atoms with Gasteiger partial charge in [-0.2, -0.15) is 0 Å². The van der Waals surface area contributed by atoms with Crippen molar-refractivity contribution in [1.82, 2.24) is 10.2 Å². The van der Waals surface area contributed by atoms with Crippen molar-refractivity contribution in [3.63, 3.8) is 0 Å². The molecule has 0 fully saturated rings. The Balaban J connectivity index is 0.00000338. The second kappa shape index (κ2) is 10.2. The summed E-state index contributed by atoms with van der Waals surface area (Å²) in [6.45, 7) is 4.32. The Kier molecular flexibility index (Phi) is 8.68. The van der Waals surface area contributed by atoms with Gasteiger partial charge in [-0.15, -0.1) is 12.4 Å². The van der Waals surface area contributed by atoms with Crippen molar-refractivity contribution in [3.8, 4) is 11.5 Å². The largest absolute Gasteiger partial charge is 0.486 e. The molecule has 0 saturated heterocycles. The third-order valence-corrected chi connectivity index (χ3v) is 4.12. The average molecular weight is 387 g/mol. The van der Waals surface area contributed by atoms with Gasteiger partial charge in [0.1, 0.15) is 12.6 Å². The molecule has 1 aromatic carbocycles. The van der Waals surface area contributed by atoms with Gasteiger partial charge in [-0.3, -0.25) is 14.9 Å². The lowest BCUT2D eigenvalue weighted by molar-refractivity contribution is -0.140. The predicted molar refractivity (Wildman–Crippen MR) is 100 cm³/mol. The summed E-state index contributed by atoms with van der Waals surface area (Å²) in [5.41, 5.74) is 0. The molecule has 1 aromatic rings. The van der Waals surface area contributed by atoms with Gasteiger partial charge in [0.05, 0.1) is 12.6 Å². The van der Waals surface area contributed by atoms with E-state index in [2.05, 4.69) is 5.32 Å². The number of aliphatic carboxylic acids is 1. The van der Waals surface area contributed by atoms with Gasteiger partial charge in [0.2, 0.25) is 5.91 Å². The summed E-state index contributed by atoms with van der Waals surface area (Å²) in [6.07, 6.45) is 0.947. The Morgan fingerprint density at radius 2 is 2.00 bits per heavy atom. The summed E-state index contributed by atoms with van der Waals surface area (Å²) in [7, 11) is 1.68. The maximum atomic E-state index is 12.5. The van der Waals surface area contributed by atoms with Crippen molar-refractivity contribution >= 4 is 24.3 Å². The second-order valence-corrected chi connectivity index (χ2v) is 6.28. The van der Waals surface area contributed by atoms with E-state index in [-0.39, 0.29) is 24.4 Å². The van der Waals surface area contributed by atoms with Gasteiger partial charge < -0.3 is 19.5 Å². The van der Waals surface area contributed by atoms with E-state index in [1.165, 1.54) is 0 Å². The SMILES string of the molecule is CCCC(NC(C)C(=O)N(C)CC1COc2ccccc2O1)C(=O)O.Cl. The minimum absolute atomic E-state index is 0. The normalized spacial score (nSPS) is 17.6. The molecule has 146 valence electrons. The Morgan fingerprint density at radius 1 is 1.35 bits per heavy atom. The Labute approximate surface area is 160 Å². The first kappa shape index (κ1) is 22.1. The zero-order valence-electron chi connectivity index (χ0n) is 15.3. The third kappa shape index (κ3) is 5.78. The highest BCUT2D eigenvalue weighted by Crippen LogP contribution is 2.30. The van der Waals surface area contributed by atoms with Gasteiger partial charge in [-0.05, 0) is 25.5 Å². The number of carboxylic acids is 1. The number of hydrogen-bond acceptors (Lipinski definition) is 5. The molecule has 26 heavy (non-hydrogen) atoms. The molecule has 0 radical (unpaired) electrons. The number of carbonyl (C=O) groups is 2. The minimum Gasteiger partial charge on any atom is -0.486 e. The molecule has 8 heteroatoms. The standard InChI is InChI=1S/C18H26N2O5.ClH/c1-4-7-14(18(22)23)19-12(2)17(21)20(3)10-13-11-24-15-8-5-6-9-16(15)25-13;/h5-6,8-9,12-14,19H,4,7,10-11H2,1-3H3,(H,22,23);1H. The summed E-state index contributed by atoms with van der Waals surface area (Å²) in [5.74, 6) is 0.251. The summed E-state index contributed by atoms with van der Waals surface area (Å²) < 4.78 is 11.5. The van der Waals surface area contributed by atoms with Crippen LogP contribution >= 0.6 is 12.4 Å². The van der Waals surface area contributed by atoms with Crippen molar-refractivity contribution in [2.45, 2.75) is 44.9 Å². The molecule has 2 rings (SSSR count). The number of nitrogens with one attached hydrogen (secondary N) is 1. The number of halogens is 1. The van der Waals surface area contributed by atoms with E-state index < -0.39 is 18.1 Å². The van der Waals surface area contributed by atoms with Crippen LogP contribution in [0.1, 0.15) is 26.7 Å². The molecule has 0 aliphatic carbocycles. The van der Waals surface area contributed by atoms with Crippen LogP contribution in [0.15, 0.2) is 24.3 Å². The highest BCUT2D eigenvalue weighted by Gasteiger charge is 2.28. The zero-order valence-corrected chi connectivity index (χ0v) is 16.1. The molecule has 3 unspecified atom stereocenters. The fraction of sp³-hybridized carbons (Fsp3) is 0.556. The smallest absolute Gasteiger partial charge is 0.320 e. The molecule has 0 bridgehead atoms. The van der Waals surface area contributed by atoms with E-state index in [0.717, 1.165) is 6.42 Å². The molecule has 0 saturated carbocycles. The number of nitrogens with zero attached hydrogens (tertiary/aromatic N) is 1. The lowest BCUT2D eigenvalue weighted by Gasteiger charge is -2.31. The molecule has 1 aliphatic heterocycles. The number of amides is 1. The predicted octanol–water partition coefficient (Wildman–Crippen LogP) is 1.94. The first-order valence-electron chi connectivity index (χ1n) is 8.54. The molecular formula is C18H27ClN2O5. The van der Waals surface area contributed by atoms with Crippen molar-refractivity contribution in [3.05, 3.63) is 24.3 Å². The van der Waals surface area contributed by atoms with Crippen LogP contribution in [0, 0.1) is 0 Å². The molecule has 7 nitrogen and oxygen atoms in total. The Morgan fingerprint density at radius 3 is 2.62 bits per heavy atom. The van der Waals surface area contributed by atoms with Crippen LogP contribution in [0.25, 0.3) is 0 Å². The van der Waals surface area contributed by atoms with E-state index in [1.807, 2.05) is 31.2 Å². The highest BCUT2D eigenvalue weighted by atomic mass is 35.5. The van der Waals surface area contributed by atoms with Crippen molar-refractivity contribution in [2.24, 2.45) is 0 Å². The molecule has 2 N–H and O–H groups in total. The van der Waals surface area contributed by atoms with Crippen LogP contribution in [0.2, 0.25) is 0 Å². The van der Waals surface area contributed by atoms with Crippen LogP contribution in [0.3, 0.4) is 0 Å². The molecule has 0 spiro atoms. The lowest BCUT2D eigenvalue weighted by Crippen LogP contribution is -2.52. The molecule has 3 atom stereocenters. The summed E-state index contributed by atoms with van der Waals surface area (Å²) in [5, 5.41) is 12.1. The summed E-state index contributed by atoms with van der Waals surface area (Å²) in [6, 6.07) is 6.10. The molecule has 0 aromatic heterocycles. The summed E-state index contributed by atoms with van der Waals surface area (Å²) in [4.78, 5) is 25.3. The van der Waals surface area contributed by atoms with Gasteiger partial charge in [0.15, 0.2) is 17.6 Å². The van der Waals surface area contributed by atoms with Gasteiger partial charge in [0.25, 0.3) is 0 Å². The van der Waals surface area contributed by atoms with Gasteiger partial charge >= 0.3 is 5.97 Å². The van der Waals surface area contributed by atoms with Crippen molar-refractivity contribution in [2.75, 3.05) is 20.2 Å². The van der Waals surface area contributed by atoms with Crippen LogP contribution in [0.5, 0.6) is 11.5 Å². The number of hydrogen-bond donors (Lipinski definition) is 2. The van der Waals surface area contributed by atoms with E-state index in [1.54, 1.807) is 18.9 Å². The third-order valence-electron chi connectivity index (χ3n) is 4.12. The second-order valence-electron chi connectivity index (χ2n) is 6.28. The summed E-state index contributed by atoms with van der Waals surface area (Å²) >= 11 is 0. The number of carboxylic acid groups (broad SMARTS) is 1. The first-order valence-corrected chi connectivity index (χ1v) is 8.54. The fourth-order valence-electron chi connectivity index (χ4n) is 2.82. The number of ether oxygens (including phenoxy) is 2. The quantitative estimate of drug-likeness (QED) is 0.709. The van der Waals surface area contributed by atoms with Gasteiger partial charge in [0, 0.05) is 7.05 Å². The van der Waals surface area contributed by atoms with E-state index >= 15 is 0 Å². The van der Waals surface area contributed by atoms with Crippen molar-refractivity contribution < 1.29 is 24.2 Å². The molecular weight excluding hydrogens is 360 g/mol. The molecule has 1 aliphatic rings. The van der Waals surface area contributed by atoms with Crippen LogP contribution in [-0.2, 0) is 9.59 Å². The lowest BCUT2D eigenvalue weighted by atomic mass is 10.1. The fourth-order valence-corrected chi connectivity index (χ4v) is 2.82. The maximum absolute atomic E-state index is 12.5. The number of rotatable bonds is 8. The zero-order chi connectivity index (χ0) is 18.4. The monoisotopic (exact) mass is 386 g/mol. The first-order chi connectivity index (χ1) is 11.9. The van der Waals surface area contributed by atoms with Crippen molar-refractivity contribution in [1.29, 1.82) is 0 Å². The van der Waals surface area contributed by atoms with Gasteiger partial charge in [-0.1, -0.05) is 25.5 Å². The number of carbonyl (C=O) groups excluding carboxylic acids is 1. The Hall–Kier alpha value is -1.99. The minimum atomic E-state index is -0.940. The number of para-hydroxylation sites is 2. The topological polar surface area (TPSA) is 88.1 Å². The number of benzene rings is 1. The van der Waals surface area contributed by atoms with Gasteiger partial charge in [-0.25, -0.2) is 0 Å². The van der Waals surface area contributed by atoms with Crippen LogP contribution in [-0.4, -0.2) is 60.3 Å². The maximum Gasteiger partial charge on any atom is 0.320 e. The molecule has 1 amide bonds. The van der Waals surface area contributed by atoms with E-state index in [0.29, 0.717) is 31.1 Å². The average Bonchev–Trinajstić information content (AvgIpc) is 2.60. The van der Waals surface area contributed by atoms with E-state index in [4.69, 9.17) is 9.47 Å². The number of likely N-dealkylation sites (N-methyl/N-ethyl adjacent to an activating group) is 1.